The summed E-state index contributed by atoms with van der Waals surface area (Å²) in [5.41, 5.74) is 1.37. The molecule has 0 aliphatic carbocycles. The number of carbonyl (C=O) groups excluding carboxylic acids is 2. The molecule has 2 amide bonds. The number of rotatable bonds is 4. The second-order valence-corrected chi connectivity index (χ2v) is 13.1. The Balaban J connectivity index is 1.17. The molecule has 0 radical (unpaired) electrons. The highest BCUT2D eigenvalue weighted by atomic mass is 19.1. The molecule has 0 aromatic carbocycles. The highest BCUT2D eigenvalue weighted by molar-refractivity contribution is 6.09. The molecule has 6 heterocycles. The lowest BCUT2D eigenvalue weighted by atomic mass is 9.82. The summed E-state index contributed by atoms with van der Waals surface area (Å²) in [4.78, 5) is 34.0. The Morgan fingerprint density at radius 3 is 2.55 bits per heavy atom. The zero-order valence-corrected chi connectivity index (χ0v) is 25.0. The molecule has 6 rings (SSSR count). The van der Waals surface area contributed by atoms with E-state index in [0.717, 1.165) is 16.8 Å². The van der Waals surface area contributed by atoms with Crippen molar-refractivity contribution in [1.82, 2.24) is 29.9 Å². The molecule has 0 N–H and O–H groups in total. The minimum Gasteiger partial charge on any atom is -0.470 e. The van der Waals surface area contributed by atoms with Gasteiger partial charge >= 0.3 is 6.09 Å². The largest absolute Gasteiger partial charge is 0.470 e. The fraction of sp³-hybridized carbons (Fsp3) is 0.533. The number of aryl methyl sites for hydroxylation is 2. The fourth-order valence-corrected chi connectivity index (χ4v) is 6.65. The zero-order valence-electron chi connectivity index (χ0n) is 25.0. The summed E-state index contributed by atoms with van der Waals surface area (Å²) in [5.74, 6) is 0.278. The van der Waals surface area contributed by atoms with Gasteiger partial charge in [0.25, 0.3) is 5.91 Å². The smallest absolute Gasteiger partial charge is 0.411 e. The summed E-state index contributed by atoms with van der Waals surface area (Å²) in [6.07, 6.45) is 2.29. The van der Waals surface area contributed by atoms with Gasteiger partial charge in [-0.05, 0) is 66.5 Å². The molecule has 3 aromatic heterocycles. The summed E-state index contributed by atoms with van der Waals surface area (Å²) >= 11 is 0. The van der Waals surface area contributed by atoms with Crippen LogP contribution in [0.15, 0.2) is 30.6 Å². The number of halogens is 1. The van der Waals surface area contributed by atoms with Crippen LogP contribution in [0.2, 0.25) is 0 Å². The predicted molar refractivity (Wildman–Crippen MR) is 152 cm³/mol. The maximum absolute atomic E-state index is 16.0. The van der Waals surface area contributed by atoms with Crippen molar-refractivity contribution in [1.29, 1.82) is 0 Å². The number of fused-ring (bicyclic) bond motifs is 3. The van der Waals surface area contributed by atoms with E-state index in [-0.39, 0.29) is 24.8 Å². The monoisotopic (exact) mass is 577 g/mol. The van der Waals surface area contributed by atoms with Crippen LogP contribution in [0.25, 0.3) is 11.1 Å². The number of hydrogen-bond acceptors (Lipinski definition) is 8. The van der Waals surface area contributed by atoms with Crippen LogP contribution in [-0.4, -0.2) is 70.8 Å². The van der Waals surface area contributed by atoms with Crippen molar-refractivity contribution in [2.75, 3.05) is 4.90 Å². The summed E-state index contributed by atoms with van der Waals surface area (Å²) in [7, 11) is 1.85. The maximum Gasteiger partial charge on any atom is 0.411 e. The molecule has 42 heavy (non-hydrogen) atoms. The van der Waals surface area contributed by atoms with Gasteiger partial charge in [0.15, 0.2) is 12.0 Å². The van der Waals surface area contributed by atoms with E-state index in [1.165, 1.54) is 4.90 Å². The Kier molecular flexibility index (Phi) is 6.32. The third-order valence-corrected chi connectivity index (χ3v) is 8.61. The first-order chi connectivity index (χ1) is 19.7. The minimum atomic E-state index is -1.46. The van der Waals surface area contributed by atoms with Crippen LogP contribution in [0, 0.1) is 6.92 Å². The molecule has 4 atom stereocenters. The molecule has 3 aliphatic heterocycles. The molecular formula is C30H36FN7O4. The van der Waals surface area contributed by atoms with Gasteiger partial charge in [-0.3, -0.25) is 24.3 Å². The second kappa shape index (κ2) is 9.47. The third-order valence-electron chi connectivity index (χ3n) is 8.61. The number of piperidine rings is 1. The van der Waals surface area contributed by atoms with E-state index in [9.17, 15) is 9.59 Å². The van der Waals surface area contributed by atoms with Gasteiger partial charge in [-0.15, -0.1) is 10.2 Å². The van der Waals surface area contributed by atoms with Crippen molar-refractivity contribution >= 4 is 17.8 Å². The first kappa shape index (κ1) is 28.0. The summed E-state index contributed by atoms with van der Waals surface area (Å²) in [6, 6.07) is 5.06. The number of aromatic nitrogens is 5. The van der Waals surface area contributed by atoms with E-state index in [1.54, 1.807) is 55.6 Å². The van der Waals surface area contributed by atoms with Crippen LogP contribution >= 0.6 is 0 Å². The van der Waals surface area contributed by atoms with Crippen LogP contribution in [0.5, 0.6) is 5.88 Å². The fourth-order valence-electron chi connectivity index (χ4n) is 6.65. The summed E-state index contributed by atoms with van der Waals surface area (Å²) < 4.78 is 29.4. The number of nitrogens with zero attached hydrogens (tertiary/aromatic N) is 7. The average Bonchev–Trinajstić information content (AvgIpc) is 3.50. The van der Waals surface area contributed by atoms with Gasteiger partial charge in [0.05, 0.1) is 29.0 Å². The Hall–Kier alpha value is -4.09. The van der Waals surface area contributed by atoms with E-state index in [0.29, 0.717) is 29.9 Å². The van der Waals surface area contributed by atoms with Crippen LogP contribution < -0.4 is 9.64 Å². The van der Waals surface area contributed by atoms with Gasteiger partial charge in [0.1, 0.15) is 11.7 Å². The van der Waals surface area contributed by atoms with E-state index >= 15 is 4.39 Å². The van der Waals surface area contributed by atoms with Crippen LogP contribution in [0.1, 0.15) is 75.6 Å². The SMILES string of the molecule is Cc1nn(C)cc1-c1cnc2c(c1)C(=O)N(c1ccc(OC3C[C@]4(C)CC[C@](C)([C@H]3F)N4C(=O)OC(C)(C)C)nn1)C2. The van der Waals surface area contributed by atoms with Crippen LogP contribution in [-0.2, 0) is 18.3 Å². The van der Waals surface area contributed by atoms with Crippen molar-refractivity contribution < 1.29 is 23.5 Å². The van der Waals surface area contributed by atoms with E-state index in [2.05, 4.69) is 20.3 Å². The van der Waals surface area contributed by atoms with Crippen molar-refractivity contribution in [3.8, 4) is 17.0 Å². The normalized spacial score (nSPS) is 26.9. The topological polar surface area (TPSA) is 116 Å². The Morgan fingerprint density at radius 1 is 1.14 bits per heavy atom. The van der Waals surface area contributed by atoms with Gasteiger partial charge < -0.3 is 9.47 Å². The highest BCUT2D eigenvalue weighted by Crippen LogP contribution is 2.52. The molecule has 2 saturated heterocycles. The summed E-state index contributed by atoms with van der Waals surface area (Å²) in [5, 5.41) is 12.8. The van der Waals surface area contributed by atoms with Crippen molar-refractivity contribution in [3.05, 3.63) is 47.5 Å². The molecule has 3 aromatic rings. The third kappa shape index (κ3) is 4.57. The lowest BCUT2D eigenvalue weighted by Gasteiger charge is -2.51. The lowest BCUT2D eigenvalue weighted by Crippen LogP contribution is -2.67. The molecule has 3 aliphatic rings. The van der Waals surface area contributed by atoms with E-state index < -0.39 is 35.0 Å². The first-order valence-electron chi connectivity index (χ1n) is 14.2. The number of hydrogen-bond donors (Lipinski definition) is 0. The molecule has 1 unspecified atom stereocenters. The van der Waals surface area contributed by atoms with Crippen molar-refractivity contribution in [3.63, 3.8) is 0 Å². The molecule has 11 nitrogen and oxygen atoms in total. The molecule has 0 saturated carbocycles. The number of amides is 2. The Bertz CT molecular complexity index is 1570. The second-order valence-electron chi connectivity index (χ2n) is 13.1. The zero-order chi connectivity index (χ0) is 30.2. The van der Waals surface area contributed by atoms with Crippen molar-refractivity contribution in [2.24, 2.45) is 7.05 Å². The minimum absolute atomic E-state index is 0.153. The number of pyridine rings is 1. The van der Waals surface area contributed by atoms with Gasteiger partial charge in [-0.1, -0.05) is 0 Å². The van der Waals surface area contributed by atoms with E-state index in [1.807, 2.05) is 33.2 Å². The lowest BCUT2D eigenvalue weighted by molar-refractivity contribution is -0.101. The highest BCUT2D eigenvalue weighted by Gasteiger charge is 2.64. The number of anilines is 1. The van der Waals surface area contributed by atoms with Crippen molar-refractivity contribution in [2.45, 2.75) is 96.3 Å². The summed E-state index contributed by atoms with van der Waals surface area (Å²) in [6.45, 7) is 11.3. The Morgan fingerprint density at radius 2 is 1.90 bits per heavy atom. The predicted octanol–water partition coefficient (Wildman–Crippen LogP) is 4.78. The molecule has 222 valence electrons. The van der Waals surface area contributed by atoms with Gasteiger partial charge in [0.2, 0.25) is 5.88 Å². The Labute approximate surface area is 244 Å². The number of ether oxygens (including phenoxy) is 2. The molecule has 12 heteroatoms. The number of alkyl halides is 1. The van der Waals surface area contributed by atoms with E-state index in [4.69, 9.17) is 9.47 Å². The quantitative estimate of drug-likeness (QED) is 0.435. The molecule has 0 spiro atoms. The average molecular weight is 578 g/mol. The van der Waals surface area contributed by atoms with Crippen LogP contribution in [0.4, 0.5) is 15.0 Å². The first-order valence-corrected chi connectivity index (χ1v) is 14.2. The van der Waals surface area contributed by atoms with Gasteiger partial charge in [0, 0.05) is 48.6 Å². The molecular weight excluding hydrogens is 541 g/mol. The number of carbonyl (C=O) groups is 2. The van der Waals surface area contributed by atoms with Gasteiger partial charge in [-0.25, -0.2) is 9.18 Å². The standard InChI is InChI=1S/C30H36FN7O4/c1-17-20(15-36(7)35-17)18-12-19-21(32-14-18)16-37(26(19)39)23-8-9-24(34-33-23)41-22-13-29(5)10-11-30(6,25(22)31)38(29)27(40)42-28(2,3)4/h8-9,12,14-15,22,25H,10-11,13,16H2,1-7H3/t22?,25-,29-,30+/m0/s1. The molecule has 2 fully saturated rings. The van der Waals surface area contributed by atoms with Crippen LogP contribution in [0.3, 0.4) is 0 Å². The molecule has 2 bridgehead atoms. The van der Waals surface area contributed by atoms with Gasteiger partial charge in [-0.2, -0.15) is 5.10 Å². The maximum atomic E-state index is 16.0.